The van der Waals surface area contributed by atoms with Crippen LogP contribution in [0.1, 0.15) is 39.7 Å². The summed E-state index contributed by atoms with van der Waals surface area (Å²) >= 11 is 0. The number of carboxylic acid groups (broad SMARTS) is 1. The maximum Gasteiger partial charge on any atom is 0.307 e. The number of carboxylic acids is 1. The lowest BCUT2D eigenvalue weighted by molar-refractivity contribution is -0.150. The molecule has 1 aromatic carbocycles. The molecule has 0 saturated carbocycles. The Labute approximate surface area is 126 Å². The van der Waals surface area contributed by atoms with E-state index in [2.05, 4.69) is 0 Å². The fraction of sp³-hybridized carbons (Fsp3) is 0.529. The molecule has 0 radical (unpaired) electrons. The van der Waals surface area contributed by atoms with E-state index < -0.39 is 17.8 Å². The van der Waals surface area contributed by atoms with Crippen molar-refractivity contribution in [1.29, 1.82) is 0 Å². The molecule has 21 heavy (non-hydrogen) atoms. The van der Waals surface area contributed by atoms with E-state index in [1.807, 2.05) is 44.2 Å². The van der Waals surface area contributed by atoms with Crippen molar-refractivity contribution in [1.82, 2.24) is 4.90 Å². The Kier molecular flexibility index (Phi) is 6.40. The Morgan fingerprint density at radius 1 is 1.10 bits per heavy atom. The van der Waals surface area contributed by atoms with Crippen molar-refractivity contribution in [2.24, 2.45) is 11.8 Å². The van der Waals surface area contributed by atoms with E-state index in [0.29, 0.717) is 6.54 Å². The van der Waals surface area contributed by atoms with Gasteiger partial charge in [0.05, 0.1) is 5.92 Å². The van der Waals surface area contributed by atoms with E-state index in [1.165, 1.54) is 0 Å². The zero-order valence-electron chi connectivity index (χ0n) is 13.2. The molecule has 3 unspecified atom stereocenters. The monoisotopic (exact) mass is 291 g/mol. The SMILES string of the molecule is CCC(C)N(Cc1ccccc1)C(=O)C(C)C(C)C(=O)O. The number of benzene rings is 1. The van der Waals surface area contributed by atoms with Gasteiger partial charge < -0.3 is 10.0 Å². The zero-order chi connectivity index (χ0) is 16.0. The molecule has 116 valence electrons. The summed E-state index contributed by atoms with van der Waals surface area (Å²) in [5.74, 6) is -2.23. The number of carbonyl (C=O) groups excluding carboxylic acids is 1. The average Bonchev–Trinajstić information content (AvgIpc) is 2.50. The lowest BCUT2D eigenvalue weighted by atomic mass is 9.93. The maximum atomic E-state index is 12.7. The van der Waals surface area contributed by atoms with Crippen LogP contribution in [0, 0.1) is 11.8 Å². The third-order valence-electron chi connectivity index (χ3n) is 4.13. The first-order chi connectivity index (χ1) is 9.88. The molecule has 0 aromatic heterocycles. The molecule has 0 aliphatic carbocycles. The van der Waals surface area contributed by atoms with Crippen molar-refractivity contribution in [3.8, 4) is 0 Å². The maximum absolute atomic E-state index is 12.7. The van der Waals surface area contributed by atoms with Crippen LogP contribution in [-0.2, 0) is 16.1 Å². The number of hydrogen-bond acceptors (Lipinski definition) is 2. The van der Waals surface area contributed by atoms with Crippen molar-refractivity contribution in [2.45, 2.75) is 46.7 Å². The highest BCUT2D eigenvalue weighted by atomic mass is 16.4. The van der Waals surface area contributed by atoms with E-state index in [1.54, 1.807) is 18.7 Å². The van der Waals surface area contributed by atoms with Gasteiger partial charge in [0.1, 0.15) is 0 Å². The van der Waals surface area contributed by atoms with E-state index in [4.69, 9.17) is 5.11 Å². The van der Waals surface area contributed by atoms with Crippen LogP contribution in [-0.4, -0.2) is 27.9 Å². The van der Waals surface area contributed by atoms with Crippen LogP contribution in [0.5, 0.6) is 0 Å². The van der Waals surface area contributed by atoms with Gasteiger partial charge in [-0.25, -0.2) is 0 Å². The second kappa shape index (κ2) is 7.81. The van der Waals surface area contributed by atoms with E-state index in [9.17, 15) is 9.59 Å². The number of aliphatic carboxylic acids is 1. The second-order valence-corrected chi connectivity index (χ2v) is 5.62. The largest absolute Gasteiger partial charge is 0.481 e. The Morgan fingerprint density at radius 2 is 1.67 bits per heavy atom. The lowest BCUT2D eigenvalue weighted by Gasteiger charge is -2.32. The molecule has 4 nitrogen and oxygen atoms in total. The number of carbonyl (C=O) groups is 2. The van der Waals surface area contributed by atoms with Crippen LogP contribution in [0.2, 0.25) is 0 Å². The Balaban J connectivity index is 2.92. The summed E-state index contributed by atoms with van der Waals surface area (Å²) in [5, 5.41) is 9.10. The van der Waals surface area contributed by atoms with Crippen LogP contribution in [0.3, 0.4) is 0 Å². The van der Waals surface area contributed by atoms with Gasteiger partial charge >= 0.3 is 5.97 Å². The molecule has 1 rings (SSSR count). The standard InChI is InChI=1S/C17H25NO3/c1-5-12(2)18(11-15-9-7-6-8-10-15)16(19)13(3)14(4)17(20)21/h6-10,12-14H,5,11H2,1-4H3,(H,20,21). The van der Waals surface area contributed by atoms with Gasteiger partial charge in [-0.2, -0.15) is 0 Å². The summed E-state index contributed by atoms with van der Waals surface area (Å²) in [6.07, 6.45) is 0.840. The number of amides is 1. The molecule has 0 aliphatic rings. The number of rotatable bonds is 7. The van der Waals surface area contributed by atoms with Gasteiger partial charge in [0.15, 0.2) is 0 Å². The highest BCUT2D eigenvalue weighted by Gasteiger charge is 2.31. The minimum absolute atomic E-state index is 0.0844. The summed E-state index contributed by atoms with van der Waals surface area (Å²) in [5.41, 5.74) is 1.06. The summed E-state index contributed by atoms with van der Waals surface area (Å²) < 4.78 is 0. The fourth-order valence-electron chi connectivity index (χ4n) is 2.14. The first-order valence-corrected chi connectivity index (χ1v) is 7.45. The van der Waals surface area contributed by atoms with E-state index >= 15 is 0 Å². The lowest BCUT2D eigenvalue weighted by Crippen LogP contribution is -2.43. The summed E-state index contributed by atoms with van der Waals surface area (Å²) in [6.45, 7) is 7.83. The molecule has 0 bridgehead atoms. The Hall–Kier alpha value is -1.84. The number of hydrogen-bond donors (Lipinski definition) is 1. The Morgan fingerprint density at radius 3 is 2.14 bits per heavy atom. The van der Waals surface area contributed by atoms with Gasteiger partial charge in [0.2, 0.25) is 5.91 Å². The second-order valence-electron chi connectivity index (χ2n) is 5.62. The molecule has 1 aromatic rings. The quantitative estimate of drug-likeness (QED) is 0.839. The highest BCUT2D eigenvalue weighted by Crippen LogP contribution is 2.19. The summed E-state index contributed by atoms with van der Waals surface area (Å²) in [6, 6.07) is 9.87. The van der Waals surface area contributed by atoms with Crippen LogP contribution >= 0.6 is 0 Å². The van der Waals surface area contributed by atoms with Gasteiger partial charge in [-0.1, -0.05) is 51.1 Å². The molecule has 0 heterocycles. The van der Waals surface area contributed by atoms with Crippen LogP contribution < -0.4 is 0 Å². The number of nitrogens with zero attached hydrogens (tertiary/aromatic N) is 1. The van der Waals surface area contributed by atoms with Gasteiger partial charge in [0.25, 0.3) is 0 Å². The van der Waals surface area contributed by atoms with Gasteiger partial charge in [-0.3, -0.25) is 9.59 Å². The molecule has 3 atom stereocenters. The molecule has 4 heteroatoms. The van der Waals surface area contributed by atoms with E-state index in [-0.39, 0.29) is 11.9 Å². The van der Waals surface area contributed by atoms with Crippen molar-refractivity contribution < 1.29 is 14.7 Å². The fourth-order valence-corrected chi connectivity index (χ4v) is 2.14. The normalized spacial score (nSPS) is 15.0. The molecular formula is C17H25NO3. The van der Waals surface area contributed by atoms with Crippen molar-refractivity contribution in [3.63, 3.8) is 0 Å². The highest BCUT2D eigenvalue weighted by molar-refractivity contribution is 5.84. The first kappa shape index (κ1) is 17.2. The average molecular weight is 291 g/mol. The van der Waals surface area contributed by atoms with E-state index in [0.717, 1.165) is 12.0 Å². The third kappa shape index (κ3) is 4.59. The van der Waals surface area contributed by atoms with Crippen molar-refractivity contribution in [3.05, 3.63) is 35.9 Å². The molecule has 0 aliphatic heterocycles. The summed E-state index contributed by atoms with van der Waals surface area (Å²) in [7, 11) is 0. The predicted molar refractivity (Wildman–Crippen MR) is 82.7 cm³/mol. The van der Waals surface area contributed by atoms with Crippen molar-refractivity contribution in [2.75, 3.05) is 0 Å². The van der Waals surface area contributed by atoms with Crippen LogP contribution in [0.15, 0.2) is 30.3 Å². The molecule has 0 spiro atoms. The summed E-state index contributed by atoms with van der Waals surface area (Å²) in [4.78, 5) is 25.5. The molecule has 1 amide bonds. The van der Waals surface area contributed by atoms with Gasteiger partial charge in [0, 0.05) is 18.5 Å². The first-order valence-electron chi connectivity index (χ1n) is 7.45. The van der Waals surface area contributed by atoms with Crippen molar-refractivity contribution >= 4 is 11.9 Å². The van der Waals surface area contributed by atoms with Crippen LogP contribution in [0.4, 0.5) is 0 Å². The smallest absolute Gasteiger partial charge is 0.307 e. The third-order valence-corrected chi connectivity index (χ3v) is 4.13. The molecular weight excluding hydrogens is 266 g/mol. The molecule has 1 N–H and O–H groups in total. The minimum atomic E-state index is -0.931. The Bertz CT molecular complexity index is 472. The predicted octanol–water partition coefficient (Wildman–Crippen LogP) is 3.17. The minimum Gasteiger partial charge on any atom is -0.481 e. The topological polar surface area (TPSA) is 57.6 Å². The van der Waals surface area contributed by atoms with Gasteiger partial charge in [-0.05, 0) is 18.9 Å². The molecule has 0 fully saturated rings. The molecule has 0 saturated heterocycles. The van der Waals surface area contributed by atoms with Crippen LogP contribution in [0.25, 0.3) is 0 Å². The van der Waals surface area contributed by atoms with Gasteiger partial charge in [-0.15, -0.1) is 0 Å². The zero-order valence-corrected chi connectivity index (χ0v) is 13.2.